The van der Waals surface area contributed by atoms with Crippen LogP contribution in [0.2, 0.25) is 5.02 Å². The van der Waals surface area contributed by atoms with Crippen LogP contribution in [-0.4, -0.2) is 24.0 Å². The first-order valence-corrected chi connectivity index (χ1v) is 8.88. The molecule has 136 valence electrons. The topological polar surface area (TPSA) is 64.6 Å². The quantitative estimate of drug-likeness (QED) is 0.751. The maximum absolute atomic E-state index is 12.4. The number of amides is 1. The highest BCUT2D eigenvalue weighted by atomic mass is 35.5. The van der Waals surface area contributed by atoms with E-state index in [1.807, 2.05) is 12.1 Å². The predicted octanol–water partition coefficient (Wildman–Crippen LogP) is 3.74. The Bertz CT molecular complexity index is 787. The van der Waals surface area contributed by atoms with E-state index in [0.29, 0.717) is 17.4 Å². The number of esters is 1. The van der Waals surface area contributed by atoms with Crippen LogP contribution in [0.4, 0.5) is 0 Å². The highest BCUT2D eigenvalue weighted by molar-refractivity contribution is 6.30. The van der Waals surface area contributed by atoms with Crippen molar-refractivity contribution < 1.29 is 19.1 Å². The van der Waals surface area contributed by atoms with E-state index in [1.165, 1.54) is 0 Å². The predicted molar refractivity (Wildman–Crippen MR) is 98.3 cm³/mol. The molecular formula is C20H20ClNO4. The highest BCUT2D eigenvalue weighted by Gasteiger charge is 2.28. The van der Waals surface area contributed by atoms with Gasteiger partial charge in [0.15, 0.2) is 6.10 Å². The van der Waals surface area contributed by atoms with Crippen molar-refractivity contribution in [2.45, 2.75) is 38.5 Å². The first kappa shape index (κ1) is 18.3. The third kappa shape index (κ3) is 4.99. The maximum Gasteiger partial charge on any atom is 0.342 e. The number of ether oxygens (including phenoxy) is 2. The smallest absolute Gasteiger partial charge is 0.342 e. The molecule has 2 aromatic rings. The molecule has 1 saturated carbocycles. The average Bonchev–Trinajstić information content (AvgIpc) is 3.45. The zero-order valence-corrected chi connectivity index (χ0v) is 15.2. The van der Waals surface area contributed by atoms with Crippen LogP contribution in [0.5, 0.6) is 5.75 Å². The second-order valence-corrected chi connectivity index (χ2v) is 6.68. The second kappa shape index (κ2) is 8.23. The Balaban J connectivity index is 1.62. The molecule has 1 aliphatic rings. The van der Waals surface area contributed by atoms with Gasteiger partial charge < -0.3 is 14.8 Å². The van der Waals surface area contributed by atoms with E-state index < -0.39 is 12.1 Å². The van der Waals surface area contributed by atoms with E-state index in [9.17, 15) is 9.59 Å². The van der Waals surface area contributed by atoms with Crippen LogP contribution in [0, 0.1) is 0 Å². The van der Waals surface area contributed by atoms with Crippen LogP contribution in [0.3, 0.4) is 0 Å². The van der Waals surface area contributed by atoms with Gasteiger partial charge in [-0.2, -0.15) is 0 Å². The number of hydrogen-bond acceptors (Lipinski definition) is 4. The van der Waals surface area contributed by atoms with Gasteiger partial charge in [-0.15, -0.1) is 0 Å². The SMILES string of the molecule is C[C@H](OC(=O)c1ccccc1OCc1ccc(Cl)cc1)C(=O)NC1CC1. The molecule has 0 radical (unpaired) electrons. The minimum atomic E-state index is -0.854. The molecule has 26 heavy (non-hydrogen) atoms. The third-order valence-electron chi connectivity index (χ3n) is 3.99. The van der Waals surface area contributed by atoms with Crippen LogP contribution >= 0.6 is 11.6 Å². The van der Waals surface area contributed by atoms with E-state index in [0.717, 1.165) is 18.4 Å². The number of halogens is 1. The summed E-state index contributed by atoms with van der Waals surface area (Å²) in [6.07, 6.45) is 1.11. The van der Waals surface area contributed by atoms with Crippen LogP contribution in [0.15, 0.2) is 48.5 Å². The minimum Gasteiger partial charge on any atom is -0.488 e. The lowest BCUT2D eigenvalue weighted by Crippen LogP contribution is -2.37. The molecule has 0 heterocycles. The molecule has 0 bridgehead atoms. The van der Waals surface area contributed by atoms with Gasteiger partial charge in [0.1, 0.15) is 17.9 Å². The zero-order valence-electron chi connectivity index (χ0n) is 14.4. The number of carbonyl (C=O) groups is 2. The Morgan fingerprint density at radius 2 is 1.85 bits per heavy atom. The number of nitrogens with one attached hydrogen (secondary N) is 1. The van der Waals surface area contributed by atoms with Gasteiger partial charge in [0.05, 0.1) is 0 Å². The molecule has 0 aliphatic heterocycles. The molecule has 1 N–H and O–H groups in total. The zero-order chi connectivity index (χ0) is 18.5. The highest BCUT2D eigenvalue weighted by Crippen LogP contribution is 2.22. The molecule has 1 fully saturated rings. The number of benzene rings is 2. The van der Waals surface area contributed by atoms with E-state index in [-0.39, 0.29) is 17.5 Å². The van der Waals surface area contributed by atoms with Gasteiger partial charge in [-0.25, -0.2) is 4.79 Å². The first-order valence-electron chi connectivity index (χ1n) is 8.50. The number of carbonyl (C=O) groups excluding carboxylic acids is 2. The van der Waals surface area contributed by atoms with Gasteiger partial charge in [-0.05, 0) is 49.6 Å². The Labute approximate surface area is 157 Å². The van der Waals surface area contributed by atoms with E-state index in [4.69, 9.17) is 21.1 Å². The van der Waals surface area contributed by atoms with Crippen molar-refractivity contribution in [3.05, 3.63) is 64.7 Å². The molecule has 0 unspecified atom stereocenters. The van der Waals surface area contributed by atoms with Crippen LogP contribution < -0.4 is 10.1 Å². The fraction of sp³-hybridized carbons (Fsp3) is 0.300. The lowest BCUT2D eigenvalue weighted by Gasteiger charge is -2.15. The van der Waals surface area contributed by atoms with Gasteiger partial charge in [-0.1, -0.05) is 35.9 Å². The van der Waals surface area contributed by atoms with E-state index >= 15 is 0 Å². The summed E-state index contributed by atoms with van der Waals surface area (Å²) >= 11 is 5.87. The van der Waals surface area contributed by atoms with Crippen molar-refractivity contribution in [3.8, 4) is 5.75 Å². The maximum atomic E-state index is 12.4. The van der Waals surface area contributed by atoms with Crippen LogP contribution in [0.1, 0.15) is 35.7 Å². The number of para-hydroxylation sites is 1. The average molecular weight is 374 g/mol. The summed E-state index contributed by atoms with van der Waals surface area (Å²) < 4.78 is 11.0. The lowest BCUT2D eigenvalue weighted by atomic mass is 10.2. The summed E-state index contributed by atoms with van der Waals surface area (Å²) in [6.45, 7) is 1.85. The molecule has 2 aromatic carbocycles. The van der Waals surface area contributed by atoms with Crippen molar-refractivity contribution >= 4 is 23.5 Å². The molecule has 1 atom stereocenters. The van der Waals surface area contributed by atoms with Crippen molar-refractivity contribution in [2.24, 2.45) is 0 Å². The molecule has 6 heteroatoms. The molecular weight excluding hydrogens is 354 g/mol. The van der Waals surface area contributed by atoms with Crippen LogP contribution in [-0.2, 0) is 16.1 Å². The third-order valence-corrected chi connectivity index (χ3v) is 4.24. The van der Waals surface area contributed by atoms with Gasteiger partial charge in [0.25, 0.3) is 5.91 Å². The molecule has 0 saturated heterocycles. The van der Waals surface area contributed by atoms with Crippen molar-refractivity contribution in [3.63, 3.8) is 0 Å². The fourth-order valence-electron chi connectivity index (χ4n) is 2.33. The normalized spacial score (nSPS) is 14.4. The second-order valence-electron chi connectivity index (χ2n) is 6.24. The molecule has 1 aliphatic carbocycles. The molecule has 0 aromatic heterocycles. The van der Waals surface area contributed by atoms with Crippen molar-refractivity contribution in [2.75, 3.05) is 0 Å². The Morgan fingerprint density at radius 1 is 1.15 bits per heavy atom. The molecule has 3 rings (SSSR count). The summed E-state index contributed by atoms with van der Waals surface area (Å²) in [7, 11) is 0. The summed E-state index contributed by atoms with van der Waals surface area (Å²) in [6, 6.07) is 14.3. The van der Waals surface area contributed by atoms with Gasteiger partial charge in [-0.3, -0.25) is 4.79 Å². The van der Waals surface area contributed by atoms with Gasteiger partial charge >= 0.3 is 5.97 Å². The molecule has 0 spiro atoms. The molecule has 1 amide bonds. The Kier molecular flexibility index (Phi) is 5.78. The minimum absolute atomic E-state index is 0.221. The molecule has 5 nitrogen and oxygen atoms in total. The lowest BCUT2D eigenvalue weighted by molar-refractivity contribution is -0.129. The Hall–Kier alpha value is -2.53. The van der Waals surface area contributed by atoms with E-state index in [2.05, 4.69) is 5.32 Å². The van der Waals surface area contributed by atoms with Gasteiger partial charge in [0, 0.05) is 11.1 Å². The summed E-state index contributed by atoms with van der Waals surface area (Å²) in [4.78, 5) is 24.4. The number of hydrogen-bond donors (Lipinski definition) is 1. The summed E-state index contributed by atoms with van der Waals surface area (Å²) in [5.74, 6) is -0.460. The first-order chi connectivity index (χ1) is 12.5. The fourth-order valence-corrected chi connectivity index (χ4v) is 2.45. The van der Waals surface area contributed by atoms with Crippen molar-refractivity contribution in [1.29, 1.82) is 0 Å². The van der Waals surface area contributed by atoms with Crippen molar-refractivity contribution in [1.82, 2.24) is 5.32 Å². The summed E-state index contributed by atoms with van der Waals surface area (Å²) in [5, 5.41) is 3.47. The van der Waals surface area contributed by atoms with Crippen LogP contribution in [0.25, 0.3) is 0 Å². The van der Waals surface area contributed by atoms with E-state index in [1.54, 1.807) is 43.3 Å². The number of rotatable bonds is 7. The standard InChI is InChI=1S/C20H20ClNO4/c1-13(19(23)22-16-10-11-16)26-20(24)17-4-2-3-5-18(17)25-12-14-6-8-15(21)9-7-14/h2-9,13,16H,10-12H2,1H3,(H,22,23)/t13-/m0/s1. The summed E-state index contributed by atoms with van der Waals surface area (Å²) in [5.41, 5.74) is 1.21. The largest absolute Gasteiger partial charge is 0.488 e. The van der Waals surface area contributed by atoms with Gasteiger partial charge in [0.2, 0.25) is 0 Å². The monoisotopic (exact) mass is 373 g/mol. The Morgan fingerprint density at radius 3 is 2.54 bits per heavy atom.